The van der Waals surface area contributed by atoms with Gasteiger partial charge in [-0.05, 0) is 42.9 Å². The lowest BCUT2D eigenvalue weighted by atomic mass is 9.89. The third kappa shape index (κ3) is 2.45. The van der Waals surface area contributed by atoms with Crippen LogP contribution in [0.5, 0.6) is 0 Å². The Balaban J connectivity index is 1.61. The molecule has 2 aliphatic rings. The van der Waals surface area contributed by atoms with Crippen LogP contribution < -0.4 is 11.1 Å². The fourth-order valence-electron chi connectivity index (χ4n) is 3.57. The topological polar surface area (TPSA) is 38.0 Å². The van der Waals surface area contributed by atoms with Gasteiger partial charge in [0.25, 0.3) is 0 Å². The van der Waals surface area contributed by atoms with Crippen LogP contribution in [0.2, 0.25) is 0 Å². The van der Waals surface area contributed by atoms with E-state index in [-0.39, 0.29) is 6.04 Å². The van der Waals surface area contributed by atoms with Crippen molar-refractivity contribution in [3.05, 3.63) is 35.4 Å². The Morgan fingerprint density at radius 2 is 1.78 bits per heavy atom. The van der Waals surface area contributed by atoms with Gasteiger partial charge in [-0.3, -0.25) is 0 Å². The van der Waals surface area contributed by atoms with Crippen molar-refractivity contribution in [3.8, 4) is 0 Å². The summed E-state index contributed by atoms with van der Waals surface area (Å²) in [5, 5.41) is 3.76. The molecule has 3 rings (SSSR count). The van der Waals surface area contributed by atoms with E-state index in [2.05, 4.69) is 29.6 Å². The largest absolute Gasteiger partial charge is 0.324 e. The molecule has 0 saturated heterocycles. The van der Waals surface area contributed by atoms with E-state index in [0.29, 0.717) is 6.04 Å². The Bertz CT molecular complexity index is 396. The molecule has 18 heavy (non-hydrogen) atoms. The van der Waals surface area contributed by atoms with Crippen molar-refractivity contribution >= 4 is 0 Å². The molecular weight excluding hydrogens is 220 g/mol. The summed E-state index contributed by atoms with van der Waals surface area (Å²) in [5.74, 6) is 0.891. The zero-order valence-electron chi connectivity index (χ0n) is 11.1. The number of fused-ring (bicyclic) bond motifs is 1. The van der Waals surface area contributed by atoms with Gasteiger partial charge in [0.2, 0.25) is 0 Å². The highest BCUT2D eigenvalue weighted by atomic mass is 14.9. The molecule has 1 aromatic carbocycles. The highest BCUT2D eigenvalue weighted by molar-refractivity contribution is 5.37. The maximum absolute atomic E-state index is 6.21. The molecule has 3 N–H and O–H groups in total. The summed E-state index contributed by atoms with van der Waals surface area (Å²) in [6.45, 7) is 1.17. The average Bonchev–Trinajstić information content (AvgIpc) is 2.75. The number of nitrogens with one attached hydrogen (secondary N) is 1. The van der Waals surface area contributed by atoms with Gasteiger partial charge in [0, 0.05) is 12.1 Å². The van der Waals surface area contributed by atoms with E-state index in [4.69, 9.17) is 5.73 Å². The molecule has 2 nitrogen and oxygen atoms in total. The Morgan fingerprint density at radius 1 is 1.06 bits per heavy atom. The van der Waals surface area contributed by atoms with E-state index >= 15 is 0 Å². The quantitative estimate of drug-likeness (QED) is 0.856. The summed E-state index contributed by atoms with van der Waals surface area (Å²) in [5.41, 5.74) is 8.98. The van der Waals surface area contributed by atoms with E-state index in [0.717, 1.165) is 12.3 Å². The van der Waals surface area contributed by atoms with Crippen molar-refractivity contribution in [1.29, 1.82) is 0 Å². The molecule has 0 aliphatic heterocycles. The minimum Gasteiger partial charge on any atom is -0.324 e. The van der Waals surface area contributed by atoms with Crippen LogP contribution in [0, 0.1) is 5.92 Å². The number of rotatable bonds is 3. The van der Waals surface area contributed by atoms with Crippen molar-refractivity contribution in [1.82, 2.24) is 5.32 Å². The molecular formula is C16H24N2. The fourth-order valence-corrected chi connectivity index (χ4v) is 3.57. The lowest BCUT2D eigenvalue weighted by Crippen LogP contribution is -2.27. The Kier molecular flexibility index (Phi) is 3.67. The fraction of sp³-hybridized carbons (Fsp3) is 0.625. The third-order valence-electron chi connectivity index (χ3n) is 4.64. The second-order valence-electron chi connectivity index (χ2n) is 5.94. The van der Waals surface area contributed by atoms with Gasteiger partial charge in [-0.2, -0.15) is 0 Å². The molecule has 0 amide bonds. The lowest BCUT2D eigenvalue weighted by Gasteiger charge is -2.24. The summed E-state index contributed by atoms with van der Waals surface area (Å²) in [6.07, 6.45) is 8.17. The first kappa shape index (κ1) is 12.2. The summed E-state index contributed by atoms with van der Waals surface area (Å²) in [4.78, 5) is 0. The van der Waals surface area contributed by atoms with Crippen LogP contribution in [0.4, 0.5) is 0 Å². The monoisotopic (exact) mass is 244 g/mol. The maximum Gasteiger partial charge on any atom is 0.0341 e. The van der Waals surface area contributed by atoms with Crippen molar-refractivity contribution in [3.63, 3.8) is 0 Å². The van der Waals surface area contributed by atoms with Crippen molar-refractivity contribution in [2.45, 2.75) is 50.6 Å². The molecule has 1 aromatic rings. The van der Waals surface area contributed by atoms with Gasteiger partial charge in [0.15, 0.2) is 0 Å². The summed E-state index contributed by atoms with van der Waals surface area (Å²) < 4.78 is 0. The molecule has 0 radical (unpaired) electrons. The molecule has 98 valence electrons. The van der Waals surface area contributed by atoms with E-state index in [1.54, 1.807) is 0 Å². The minimum absolute atomic E-state index is 0.227. The van der Waals surface area contributed by atoms with Crippen LogP contribution in [-0.4, -0.2) is 6.54 Å². The van der Waals surface area contributed by atoms with Crippen molar-refractivity contribution in [2.24, 2.45) is 11.7 Å². The first-order valence-electron chi connectivity index (χ1n) is 7.42. The molecule has 1 fully saturated rings. The van der Waals surface area contributed by atoms with E-state index < -0.39 is 0 Å². The Morgan fingerprint density at radius 3 is 2.56 bits per heavy atom. The average molecular weight is 244 g/mol. The number of benzene rings is 1. The normalized spacial score (nSPS) is 28.3. The van der Waals surface area contributed by atoms with E-state index in [1.165, 1.54) is 49.8 Å². The highest BCUT2D eigenvalue weighted by Gasteiger charge is 2.28. The molecule has 2 atom stereocenters. The second-order valence-corrected chi connectivity index (χ2v) is 5.94. The number of nitrogens with two attached hydrogens (primary N) is 1. The molecule has 0 aromatic heterocycles. The van der Waals surface area contributed by atoms with Gasteiger partial charge >= 0.3 is 0 Å². The van der Waals surface area contributed by atoms with Crippen LogP contribution in [0.3, 0.4) is 0 Å². The molecule has 1 saturated carbocycles. The first-order chi connectivity index (χ1) is 8.84. The van der Waals surface area contributed by atoms with E-state index in [9.17, 15) is 0 Å². The predicted octanol–water partition coefficient (Wildman–Crippen LogP) is 3.30. The maximum atomic E-state index is 6.21. The van der Waals surface area contributed by atoms with Gasteiger partial charge in [0.05, 0.1) is 0 Å². The number of hydrogen-bond donors (Lipinski definition) is 2. The van der Waals surface area contributed by atoms with E-state index in [1.807, 2.05) is 0 Å². The minimum atomic E-state index is 0.227. The second kappa shape index (κ2) is 5.41. The van der Waals surface area contributed by atoms with Gasteiger partial charge in [-0.1, -0.05) is 43.5 Å². The predicted molar refractivity (Wildman–Crippen MR) is 75.3 cm³/mol. The first-order valence-corrected chi connectivity index (χ1v) is 7.42. The molecule has 2 unspecified atom stereocenters. The molecule has 2 heteroatoms. The molecule has 2 aliphatic carbocycles. The lowest BCUT2D eigenvalue weighted by molar-refractivity contribution is 0.325. The summed E-state index contributed by atoms with van der Waals surface area (Å²) in [7, 11) is 0. The van der Waals surface area contributed by atoms with Crippen LogP contribution in [0.1, 0.15) is 61.7 Å². The van der Waals surface area contributed by atoms with Crippen molar-refractivity contribution in [2.75, 3.05) is 6.54 Å². The molecule has 0 spiro atoms. The standard InChI is InChI=1S/C16H24N2/c17-15-10-16(14-9-5-4-8-13(14)15)18-11-12-6-2-1-3-7-12/h4-5,8-9,12,15-16,18H,1-3,6-7,10-11,17H2. The summed E-state index contributed by atoms with van der Waals surface area (Å²) >= 11 is 0. The van der Waals surface area contributed by atoms with Crippen LogP contribution in [-0.2, 0) is 0 Å². The summed E-state index contributed by atoms with van der Waals surface area (Å²) in [6, 6.07) is 9.36. The third-order valence-corrected chi connectivity index (χ3v) is 4.64. The van der Waals surface area contributed by atoms with Gasteiger partial charge in [-0.25, -0.2) is 0 Å². The zero-order valence-corrected chi connectivity index (χ0v) is 11.1. The van der Waals surface area contributed by atoms with Gasteiger partial charge < -0.3 is 11.1 Å². The Hall–Kier alpha value is -0.860. The smallest absolute Gasteiger partial charge is 0.0341 e. The molecule has 0 bridgehead atoms. The van der Waals surface area contributed by atoms with Crippen LogP contribution in [0.15, 0.2) is 24.3 Å². The molecule has 0 heterocycles. The number of hydrogen-bond acceptors (Lipinski definition) is 2. The van der Waals surface area contributed by atoms with Crippen LogP contribution >= 0.6 is 0 Å². The highest BCUT2D eigenvalue weighted by Crippen LogP contribution is 2.37. The van der Waals surface area contributed by atoms with Gasteiger partial charge in [0.1, 0.15) is 0 Å². The van der Waals surface area contributed by atoms with Gasteiger partial charge in [-0.15, -0.1) is 0 Å². The van der Waals surface area contributed by atoms with Crippen LogP contribution in [0.25, 0.3) is 0 Å². The zero-order chi connectivity index (χ0) is 12.4. The van der Waals surface area contributed by atoms with Crippen molar-refractivity contribution < 1.29 is 0 Å². The SMILES string of the molecule is NC1CC(NCC2CCCCC2)c2ccccc21. The Labute approximate surface area is 110 Å².